The van der Waals surface area contributed by atoms with Crippen LogP contribution in [0.25, 0.3) is 0 Å². The largest absolute Gasteiger partial charge is 0.473 e. The Balaban J connectivity index is 1.49. The second-order valence-corrected chi connectivity index (χ2v) is 5.04. The van der Waals surface area contributed by atoms with Crippen LogP contribution in [0.1, 0.15) is 44.1 Å². The third-order valence-electron chi connectivity index (χ3n) is 3.39. The van der Waals surface area contributed by atoms with Crippen molar-refractivity contribution in [2.75, 3.05) is 6.61 Å². The van der Waals surface area contributed by atoms with Crippen molar-refractivity contribution in [1.82, 2.24) is 0 Å². The number of aryl methyl sites for hydroxylation is 1. The van der Waals surface area contributed by atoms with Crippen molar-refractivity contribution in [2.45, 2.75) is 51.2 Å². The van der Waals surface area contributed by atoms with Gasteiger partial charge in [-0.25, -0.2) is 0 Å². The van der Waals surface area contributed by atoms with E-state index in [1.54, 1.807) is 0 Å². The van der Waals surface area contributed by atoms with Crippen molar-refractivity contribution in [3.05, 3.63) is 48.2 Å². The van der Waals surface area contributed by atoms with Gasteiger partial charge in [-0.15, -0.1) is 0 Å². The van der Waals surface area contributed by atoms with Crippen LogP contribution in [0.5, 0.6) is 0 Å². The monoisotopic (exact) mass is 260 g/mol. The zero-order valence-electron chi connectivity index (χ0n) is 11.6. The number of unbranched alkanes of at least 4 members (excludes halogenated alkanes) is 2. The molecule has 0 N–H and O–H groups in total. The van der Waals surface area contributed by atoms with Crippen LogP contribution in [0.3, 0.4) is 0 Å². The predicted molar refractivity (Wildman–Crippen MR) is 77.8 cm³/mol. The van der Waals surface area contributed by atoms with Crippen LogP contribution in [0, 0.1) is 0 Å². The van der Waals surface area contributed by atoms with E-state index in [9.17, 15) is 0 Å². The van der Waals surface area contributed by atoms with Gasteiger partial charge in [0.1, 0.15) is 0 Å². The highest BCUT2D eigenvalue weighted by Gasteiger charge is 2.12. The van der Waals surface area contributed by atoms with Crippen molar-refractivity contribution < 1.29 is 9.47 Å². The molecule has 1 saturated heterocycles. The minimum atomic E-state index is -0.00526. The van der Waals surface area contributed by atoms with Crippen molar-refractivity contribution in [3.8, 4) is 0 Å². The summed E-state index contributed by atoms with van der Waals surface area (Å²) in [5.74, 6) is 0. The van der Waals surface area contributed by atoms with Crippen LogP contribution in [0.2, 0.25) is 0 Å². The van der Waals surface area contributed by atoms with Crippen molar-refractivity contribution in [2.24, 2.45) is 0 Å². The third kappa shape index (κ3) is 5.93. The first kappa shape index (κ1) is 14.1. The number of hydrogen-bond donors (Lipinski definition) is 0. The maximum atomic E-state index is 5.55. The average Bonchev–Trinajstić information content (AvgIpc) is 2.48. The fourth-order valence-corrected chi connectivity index (χ4v) is 2.27. The molecule has 1 aromatic rings. The van der Waals surface area contributed by atoms with E-state index in [0.29, 0.717) is 0 Å². The van der Waals surface area contributed by atoms with Crippen LogP contribution in [0.15, 0.2) is 42.7 Å². The Hall–Kier alpha value is -1.28. The lowest BCUT2D eigenvalue weighted by molar-refractivity contribution is -0.129. The summed E-state index contributed by atoms with van der Waals surface area (Å²) in [5, 5.41) is 0. The SMILES string of the molecule is C(=C/OC1CCCCO1)/CCCCc1ccccc1. The second kappa shape index (κ2) is 8.76. The molecule has 1 unspecified atom stereocenters. The highest BCUT2D eigenvalue weighted by Crippen LogP contribution is 2.14. The van der Waals surface area contributed by atoms with Crippen LogP contribution in [-0.4, -0.2) is 12.9 Å². The van der Waals surface area contributed by atoms with Crippen LogP contribution in [-0.2, 0) is 15.9 Å². The summed E-state index contributed by atoms with van der Waals surface area (Å²) in [6.45, 7) is 0.843. The number of benzene rings is 1. The normalized spacial score (nSPS) is 19.7. The zero-order chi connectivity index (χ0) is 13.2. The van der Waals surface area contributed by atoms with Gasteiger partial charge in [-0.05, 0) is 50.2 Å². The van der Waals surface area contributed by atoms with E-state index in [1.165, 1.54) is 37.7 Å². The number of ether oxygens (including phenoxy) is 2. The Morgan fingerprint density at radius 3 is 2.84 bits per heavy atom. The third-order valence-corrected chi connectivity index (χ3v) is 3.39. The van der Waals surface area contributed by atoms with Gasteiger partial charge in [0.05, 0.1) is 12.9 Å². The van der Waals surface area contributed by atoms with Gasteiger partial charge in [0.2, 0.25) is 0 Å². The fraction of sp³-hybridized carbons (Fsp3) is 0.529. The summed E-state index contributed by atoms with van der Waals surface area (Å²) >= 11 is 0. The van der Waals surface area contributed by atoms with E-state index in [4.69, 9.17) is 9.47 Å². The molecule has 0 amide bonds. The van der Waals surface area contributed by atoms with Crippen molar-refractivity contribution >= 4 is 0 Å². The molecule has 1 heterocycles. The van der Waals surface area contributed by atoms with Crippen LogP contribution < -0.4 is 0 Å². The Bertz CT molecular complexity index is 353. The Morgan fingerprint density at radius 1 is 1.16 bits per heavy atom. The summed E-state index contributed by atoms with van der Waals surface area (Å²) in [4.78, 5) is 0. The summed E-state index contributed by atoms with van der Waals surface area (Å²) in [5.41, 5.74) is 1.43. The lowest BCUT2D eigenvalue weighted by Crippen LogP contribution is -2.19. The molecule has 104 valence electrons. The van der Waals surface area contributed by atoms with Crippen LogP contribution >= 0.6 is 0 Å². The van der Waals surface area contributed by atoms with Gasteiger partial charge in [0, 0.05) is 6.42 Å². The first-order chi connectivity index (χ1) is 9.45. The molecule has 2 heteroatoms. The minimum absolute atomic E-state index is 0.00526. The van der Waals surface area contributed by atoms with Crippen molar-refractivity contribution in [1.29, 1.82) is 0 Å². The zero-order valence-corrected chi connectivity index (χ0v) is 11.6. The van der Waals surface area contributed by atoms with E-state index < -0.39 is 0 Å². The number of allylic oxidation sites excluding steroid dienone is 1. The van der Waals surface area contributed by atoms with E-state index in [2.05, 4.69) is 36.4 Å². The molecule has 19 heavy (non-hydrogen) atoms. The quantitative estimate of drug-likeness (QED) is 0.532. The van der Waals surface area contributed by atoms with E-state index in [1.807, 2.05) is 6.26 Å². The smallest absolute Gasteiger partial charge is 0.198 e. The molecular weight excluding hydrogens is 236 g/mol. The van der Waals surface area contributed by atoms with Gasteiger partial charge in [-0.3, -0.25) is 0 Å². The van der Waals surface area contributed by atoms with Crippen LogP contribution in [0.4, 0.5) is 0 Å². The standard InChI is InChI=1S/C17H24O2/c1(4-10-16-11-5-3-6-12-16)2-8-14-18-17-13-7-9-15-19-17/h3,5-6,8,11-12,14,17H,1-2,4,7,9-10,13,15H2/b14-8-. The maximum absolute atomic E-state index is 5.55. The van der Waals surface area contributed by atoms with Gasteiger partial charge in [0.15, 0.2) is 6.29 Å². The molecule has 1 atom stereocenters. The molecule has 0 bridgehead atoms. The molecule has 2 nitrogen and oxygen atoms in total. The Morgan fingerprint density at radius 2 is 2.05 bits per heavy atom. The van der Waals surface area contributed by atoms with E-state index >= 15 is 0 Å². The molecule has 0 aliphatic carbocycles. The molecule has 1 aliphatic heterocycles. The molecule has 2 rings (SSSR count). The molecule has 1 fully saturated rings. The average molecular weight is 260 g/mol. The molecule has 1 aliphatic rings. The van der Waals surface area contributed by atoms with Gasteiger partial charge < -0.3 is 9.47 Å². The summed E-state index contributed by atoms with van der Waals surface area (Å²) in [6.07, 6.45) is 12.0. The summed E-state index contributed by atoms with van der Waals surface area (Å²) in [6, 6.07) is 10.7. The van der Waals surface area contributed by atoms with E-state index in [0.717, 1.165) is 19.4 Å². The molecule has 0 saturated carbocycles. The summed E-state index contributed by atoms with van der Waals surface area (Å²) < 4.78 is 11.0. The maximum Gasteiger partial charge on any atom is 0.198 e. The Kier molecular flexibility index (Phi) is 6.52. The molecule has 0 radical (unpaired) electrons. The Labute approximate surface area is 116 Å². The van der Waals surface area contributed by atoms with Gasteiger partial charge in [0.25, 0.3) is 0 Å². The molecule has 0 aromatic heterocycles. The van der Waals surface area contributed by atoms with Crippen molar-refractivity contribution in [3.63, 3.8) is 0 Å². The first-order valence-electron chi connectivity index (χ1n) is 7.41. The predicted octanol–water partition coefficient (Wildman–Crippen LogP) is 4.46. The van der Waals surface area contributed by atoms with E-state index in [-0.39, 0.29) is 6.29 Å². The second-order valence-electron chi connectivity index (χ2n) is 5.04. The lowest BCUT2D eigenvalue weighted by atomic mass is 10.1. The fourth-order valence-electron chi connectivity index (χ4n) is 2.27. The highest BCUT2D eigenvalue weighted by atomic mass is 16.7. The van der Waals surface area contributed by atoms with Gasteiger partial charge >= 0.3 is 0 Å². The lowest BCUT2D eigenvalue weighted by Gasteiger charge is -2.21. The topological polar surface area (TPSA) is 18.5 Å². The molecule has 1 aromatic carbocycles. The molecule has 0 spiro atoms. The highest BCUT2D eigenvalue weighted by molar-refractivity contribution is 5.14. The minimum Gasteiger partial charge on any atom is -0.473 e. The summed E-state index contributed by atoms with van der Waals surface area (Å²) in [7, 11) is 0. The first-order valence-corrected chi connectivity index (χ1v) is 7.41. The van der Waals surface area contributed by atoms with Gasteiger partial charge in [-0.1, -0.05) is 30.3 Å². The number of hydrogen-bond acceptors (Lipinski definition) is 2. The van der Waals surface area contributed by atoms with Gasteiger partial charge in [-0.2, -0.15) is 0 Å². The number of rotatable bonds is 7. The molecular formula is C17H24O2.